The lowest BCUT2D eigenvalue weighted by atomic mass is 9.81. The predicted octanol–water partition coefficient (Wildman–Crippen LogP) is 5.96. The van der Waals surface area contributed by atoms with Crippen LogP contribution < -0.4 is 5.32 Å². The third-order valence-corrected chi connectivity index (χ3v) is 5.57. The molecular formula is C27H32N2O4. The van der Waals surface area contributed by atoms with E-state index in [1.165, 1.54) is 5.39 Å². The van der Waals surface area contributed by atoms with Gasteiger partial charge in [-0.1, -0.05) is 36.4 Å². The van der Waals surface area contributed by atoms with Crippen molar-refractivity contribution in [3.63, 3.8) is 0 Å². The van der Waals surface area contributed by atoms with Gasteiger partial charge in [0.05, 0.1) is 13.1 Å². The van der Waals surface area contributed by atoms with Gasteiger partial charge in [-0.05, 0) is 86.8 Å². The van der Waals surface area contributed by atoms with E-state index < -0.39 is 28.9 Å². The van der Waals surface area contributed by atoms with Crippen LogP contribution in [0.15, 0.2) is 54.6 Å². The molecule has 3 aromatic rings. The van der Waals surface area contributed by atoms with Gasteiger partial charge in [0.15, 0.2) is 0 Å². The molecule has 6 heteroatoms. The second-order valence-electron chi connectivity index (χ2n) is 10.8. The van der Waals surface area contributed by atoms with Crippen molar-refractivity contribution >= 4 is 33.7 Å². The van der Waals surface area contributed by atoms with Crippen LogP contribution in [-0.2, 0) is 15.0 Å². The van der Waals surface area contributed by atoms with Crippen LogP contribution in [0.25, 0.3) is 21.5 Å². The fourth-order valence-electron chi connectivity index (χ4n) is 4.13. The van der Waals surface area contributed by atoms with Crippen LogP contribution in [0.1, 0.15) is 47.1 Å². The van der Waals surface area contributed by atoms with E-state index in [0.29, 0.717) is 13.1 Å². The molecule has 4 rings (SSSR count). The Labute approximate surface area is 194 Å². The van der Waals surface area contributed by atoms with Crippen molar-refractivity contribution < 1.29 is 19.1 Å². The maximum absolute atomic E-state index is 12.7. The number of likely N-dealkylation sites (tertiary alicyclic amines) is 1. The van der Waals surface area contributed by atoms with Crippen molar-refractivity contribution in [1.82, 2.24) is 10.2 Å². The molecule has 0 saturated carbocycles. The Bertz CT molecular complexity index is 1210. The third-order valence-electron chi connectivity index (χ3n) is 5.57. The van der Waals surface area contributed by atoms with Gasteiger partial charge in [-0.15, -0.1) is 0 Å². The second-order valence-corrected chi connectivity index (χ2v) is 10.8. The Morgan fingerprint density at radius 1 is 0.788 bits per heavy atom. The van der Waals surface area contributed by atoms with Crippen LogP contribution in [0, 0.1) is 0 Å². The predicted molar refractivity (Wildman–Crippen MR) is 130 cm³/mol. The Kier molecular flexibility index (Phi) is 5.51. The minimum absolute atomic E-state index is 0.306. The molecule has 0 bridgehead atoms. The van der Waals surface area contributed by atoms with Gasteiger partial charge in [0.1, 0.15) is 16.7 Å². The van der Waals surface area contributed by atoms with Crippen molar-refractivity contribution in [3.8, 4) is 0 Å². The standard InChI is InChI=1S/C27H32N2O4/c1-25(2,3)32-23(30)28-27(16-29(17-27)24(31)33-26(4,5)6)22-12-11-20-13-18-9-7-8-10-19(18)14-21(20)15-22/h7-15H,16-17H2,1-6H3,(H,28,30). The van der Waals surface area contributed by atoms with Crippen molar-refractivity contribution in [2.75, 3.05) is 13.1 Å². The number of carbonyl (C=O) groups is 2. The molecule has 1 aliphatic rings. The van der Waals surface area contributed by atoms with Crippen molar-refractivity contribution in [3.05, 3.63) is 60.2 Å². The number of fused-ring (bicyclic) bond motifs is 2. The molecule has 2 amide bonds. The summed E-state index contributed by atoms with van der Waals surface area (Å²) in [6, 6.07) is 18.7. The molecule has 0 unspecified atom stereocenters. The highest BCUT2D eigenvalue weighted by Crippen LogP contribution is 2.36. The van der Waals surface area contributed by atoms with E-state index >= 15 is 0 Å². The summed E-state index contributed by atoms with van der Waals surface area (Å²) in [6.45, 7) is 11.6. The van der Waals surface area contributed by atoms with Gasteiger partial charge in [0, 0.05) is 0 Å². The van der Waals surface area contributed by atoms with Gasteiger partial charge in [-0.3, -0.25) is 0 Å². The molecule has 0 aliphatic carbocycles. The highest BCUT2D eigenvalue weighted by Gasteiger charge is 2.49. The summed E-state index contributed by atoms with van der Waals surface area (Å²) in [5.74, 6) is 0. The molecule has 0 radical (unpaired) electrons. The van der Waals surface area contributed by atoms with E-state index in [0.717, 1.165) is 21.7 Å². The molecule has 0 atom stereocenters. The Balaban J connectivity index is 1.67. The van der Waals surface area contributed by atoms with Crippen LogP contribution >= 0.6 is 0 Å². The lowest BCUT2D eigenvalue weighted by molar-refractivity contribution is -0.0229. The summed E-state index contributed by atoms with van der Waals surface area (Å²) < 4.78 is 11.0. The Morgan fingerprint density at radius 2 is 1.33 bits per heavy atom. The summed E-state index contributed by atoms with van der Waals surface area (Å²) in [4.78, 5) is 26.9. The number of nitrogens with zero attached hydrogens (tertiary/aromatic N) is 1. The number of ether oxygens (including phenoxy) is 2. The monoisotopic (exact) mass is 448 g/mol. The summed E-state index contributed by atoms with van der Waals surface area (Å²) >= 11 is 0. The fraction of sp³-hybridized carbons (Fsp3) is 0.407. The number of benzene rings is 3. The van der Waals surface area contributed by atoms with Crippen LogP contribution in [-0.4, -0.2) is 41.4 Å². The minimum atomic E-state index is -0.751. The number of alkyl carbamates (subject to hydrolysis) is 1. The highest BCUT2D eigenvalue weighted by molar-refractivity contribution is 5.98. The number of rotatable bonds is 2. The SMILES string of the molecule is CC(C)(C)OC(=O)NC1(c2ccc3cc4ccccc4cc3c2)CN(C(=O)OC(C)(C)C)C1. The molecule has 1 heterocycles. The summed E-state index contributed by atoms with van der Waals surface area (Å²) in [5.41, 5.74) is -1.03. The molecule has 1 N–H and O–H groups in total. The van der Waals surface area contributed by atoms with Gasteiger partial charge < -0.3 is 19.7 Å². The summed E-state index contributed by atoms with van der Waals surface area (Å²) in [6.07, 6.45) is -0.902. The average Bonchev–Trinajstić information content (AvgIpc) is 2.65. The van der Waals surface area contributed by atoms with E-state index in [-0.39, 0.29) is 0 Å². The van der Waals surface area contributed by atoms with Gasteiger partial charge >= 0.3 is 12.2 Å². The van der Waals surface area contributed by atoms with Crippen LogP contribution in [0.3, 0.4) is 0 Å². The average molecular weight is 449 g/mol. The topological polar surface area (TPSA) is 67.9 Å². The smallest absolute Gasteiger partial charge is 0.410 e. The van der Waals surface area contributed by atoms with Gasteiger partial charge in [-0.25, -0.2) is 9.59 Å². The zero-order valence-electron chi connectivity index (χ0n) is 20.2. The lowest BCUT2D eigenvalue weighted by Crippen LogP contribution is -2.69. The molecule has 0 aromatic heterocycles. The zero-order valence-corrected chi connectivity index (χ0v) is 20.2. The van der Waals surface area contributed by atoms with Crippen LogP contribution in [0.4, 0.5) is 9.59 Å². The Morgan fingerprint density at radius 3 is 1.91 bits per heavy atom. The van der Waals surface area contributed by atoms with Gasteiger partial charge in [-0.2, -0.15) is 0 Å². The van der Waals surface area contributed by atoms with Crippen LogP contribution in [0.2, 0.25) is 0 Å². The molecule has 0 spiro atoms. The normalized spacial score (nSPS) is 15.8. The number of hydrogen-bond acceptors (Lipinski definition) is 4. The first-order chi connectivity index (χ1) is 15.3. The van der Waals surface area contributed by atoms with Gasteiger partial charge in [0.25, 0.3) is 0 Å². The Hall–Kier alpha value is -3.28. The summed E-state index contributed by atoms with van der Waals surface area (Å²) in [5, 5.41) is 7.57. The molecule has 1 aliphatic heterocycles. The highest BCUT2D eigenvalue weighted by atomic mass is 16.6. The number of amides is 2. The quantitative estimate of drug-likeness (QED) is 0.491. The van der Waals surface area contributed by atoms with Gasteiger partial charge in [0.2, 0.25) is 0 Å². The zero-order chi connectivity index (χ0) is 24.0. The fourth-order valence-corrected chi connectivity index (χ4v) is 4.13. The van der Waals surface area contributed by atoms with E-state index in [1.54, 1.807) is 4.90 Å². The second kappa shape index (κ2) is 7.94. The van der Waals surface area contributed by atoms with E-state index in [4.69, 9.17) is 9.47 Å². The van der Waals surface area contributed by atoms with Crippen molar-refractivity contribution in [2.24, 2.45) is 0 Å². The molecule has 6 nitrogen and oxygen atoms in total. The van der Waals surface area contributed by atoms with Crippen LogP contribution in [0.5, 0.6) is 0 Å². The first kappa shape index (κ1) is 22.9. The summed E-state index contributed by atoms with van der Waals surface area (Å²) in [7, 11) is 0. The van der Waals surface area contributed by atoms with E-state index in [2.05, 4.69) is 41.7 Å². The van der Waals surface area contributed by atoms with Crippen molar-refractivity contribution in [2.45, 2.75) is 58.3 Å². The molecule has 1 fully saturated rings. The molecule has 174 valence electrons. The molecule has 3 aromatic carbocycles. The van der Waals surface area contributed by atoms with Crippen molar-refractivity contribution in [1.29, 1.82) is 0 Å². The first-order valence-electron chi connectivity index (χ1n) is 11.3. The largest absolute Gasteiger partial charge is 0.444 e. The number of nitrogens with one attached hydrogen (secondary N) is 1. The van der Waals surface area contributed by atoms with E-state index in [1.807, 2.05) is 59.7 Å². The number of carbonyl (C=O) groups excluding carboxylic acids is 2. The maximum Gasteiger partial charge on any atom is 0.410 e. The molecular weight excluding hydrogens is 416 g/mol. The molecule has 1 saturated heterocycles. The molecule has 33 heavy (non-hydrogen) atoms. The lowest BCUT2D eigenvalue weighted by Gasteiger charge is -2.50. The maximum atomic E-state index is 12.7. The minimum Gasteiger partial charge on any atom is -0.444 e. The van der Waals surface area contributed by atoms with E-state index in [9.17, 15) is 9.59 Å². The number of hydrogen-bond donors (Lipinski definition) is 1. The first-order valence-corrected chi connectivity index (χ1v) is 11.3. The third kappa shape index (κ3) is 5.05.